The van der Waals surface area contributed by atoms with Crippen LogP contribution in [0.15, 0.2) is 64.5 Å². The molecule has 0 radical (unpaired) electrons. The number of benzene rings is 2. The van der Waals surface area contributed by atoms with Crippen molar-refractivity contribution in [3.05, 3.63) is 81.6 Å². The van der Waals surface area contributed by atoms with Gasteiger partial charge in [0, 0.05) is 16.7 Å². The molecule has 2 aliphatic carbocycles. The molecule has 2 aliphatic rings. The number of rotatable bonds is 6. The van der Waals surface area contributed by atoms with Crippen LogP contribution in [0.4, 0.5) is 0 Å². The third kappa shape index (κ3) is 4.42. The molecular weight excluding hydrogens is 424 g/mol. The molecular formula is C29H34N2OS. The third-order valence-corrected chi connectivity index (χ3v) is 8.40. The highest BCUT2D eigenvalue weighted by atomic mass is 32.2. The molecule has 1 aromatic heterocycles. The summed E-state index contributed by atoms with van der Waals surface area (Å²) < 4.78 is 1.98. The fourth-order valence-electron chi connectivity index (χ4n) is 5.62. The van der Waals surface area contributed by atoms with Gasteiger partial charge < -0.3 is 0 Å². The van der Waals surface area contributed by atoms with E-state index in [0.29, 0.717) is 12.5 Å². The van der Waals surface area contributed by atoms with E-state index >= 15 is 0 Å². The lowest BCUT2D eigenvalue weighted by atomic mass is 9.62. The minimum absolute atomic E-state index is 0.0639. The zero-order chi connectivity index (χ0) is 22.8. The molecule has 0 atom stereocenters. The smallest absolute Gasteiger partial charge is 0.258 e. The average molecular weight is 459 g/mol. The number of thioether (sulfide) groups is 1. The molecule has 1 saturated carbocycles. The van der Waals surface area contributed by atoms with Gasteiger partial charge in [0.15, 0.2) is 5.16 Å². The van der Waals surface area contributed by atoms with Gasteiger partial charge in [0.25, 0.3) is 5.56 Å². The van der Waals surface area contributed by atoms with Crippen molar-refractivity contribution in [1.82, 2.24) is 9.55 Å². The Morgan fingerprint density at radius 3 is 2.48 bits per heavy atom. The van der Waals surface area contributed by atoms with Crippen molar-refractivity contribution in [3.8, 4) is 11.3 Å². The average Bonchev–Trinajstić information content (AvgIpc) is 2.82. The highest BCUT2D eigenvalue weighted by Gasteiger charge is 2.43. The molecule has 0 amide bonds. The molecule has 172 valence electrons. The van der Waals surface area contributed by atoms with E-state index in [1.807, 2.05) is 10.6 Å². The fourth-order valence-corrected chi connectivity index (χ4v) is 6.85. The summed E-state index contributed by atoms with van der Waals surface area (Å²) in [5, 5.41) is 0.867. The van der Waals surface area contributed by atoms with E-state index in [9.17, 15) is 4.79 Å². The highest BCUT2D eigenvalue weighted by molar-refractivity contribution is 7.99. The third-order valence-electron chi connectivity index (χ3n) is 7.39. The molecule has 0 aliphatic heterocycles. The second kappa shape index (κ2) is 9.50. The maximum Gasteiger partial charge on any atom is 0.258 e. The van der Waals surface area contributed by atoms with Crippen LogP contribution in [0.3, 0.4) is 0 Å². The van der Waals surface area contributed by atoms with E-state index < -0.39 is 0 Å². The topological polar surface area (TPSA) is 34.9 Å². The molecule has 3 aromatic rings. The fraction of sp³-hybridized carbons (Fsp3) is 0.448. The van der Waals surface area contributed by atoms with Gasteiger partial charge in [-0.2, -0.15) is 0 Å². The number of fused-ring (bicyclic) bond motifs is 4. The largest absolute Gasteiger partial charge is 0.283 e. The second-order valence-electron chi connectivity index (χ2n) is 10.2. The summed E-state index contributed by atoms with van der Waals surface area (Å²) >= 11 is 1.74. The molecule has 4 heteroatoms. The lowest BCUT2D eigenvalue weighted by Gasteiger charge is -2.42. The van der Waals surface area contributed by atoms with Crippen LogP contribution in [0.25, 0.3) is 11.3 Å². The van der Waals surface area contributed by atoms with Gasteiger partial charge in [-0.1, -0.05) is 99.5 Å². The molecule has 2 aromatic carbocycles. The lowest BCUT2D eigenvalue weighted by molar-refractivity contribution is 0.282. The standard InChI is InChI=1S/C29H34N2OS/c1-21(2)15-18-33-28-30-26-24-14-8-7-13-23(24)19-29(16-9-4-10-17-29)25(26)27(32)31(28)20-22-11-5-3-6-12-22/h3,5-8,11-14,21H,4,9-10,15-20H2,1-2H3. The second-order valence-corrected chi connectivity index (χ2v) is 11.3. The molecule has 0 unspecified atom stereocenters. The van der Waals surface area contributed by atoms with E-state index in [1.165, 1.54) is 30.4 Å². The summed E-state index contributed by atoms with van der Waals surface area (Å²) in [6.45, 7) is 5.09. The maximum atomic E-state index is 14.3. The minimum atomic E-state index is -0.0639. The molecule has 1 fully saturated rings. The first-order valence-corrected chi connectivity index (χ1v) is 13.5. The van der Waals surface area contributed by atoms with E-state index in [4.69, 9.17) is 4.98 Å². The normalized spacial score (nSPS) is 16.6. The van der Waals surface area contributed by atoms with Gasteiger partial charge in [-0.25, -0.2) is 4.98 Å². The molecule has 1 heterocycles. The van der Waals surface area contributed by atoms with E-state index in [1.54, 1.807) is 11.8 Å². The van der Waals surface area contributed by atoms with Crippen LogP contribution in [0.2, 0.25) is 0 Å². The van der Waals surface area contributed by atoms with Gasteiger partial charge in [-0.3, -0.25) is 9.36 Å². The van der Waals surface area contributed by atoms with Crippen molar-refractivity contribution in [1.29, 1.82) is 0 Å². The Hall–Kier alpha value is -2.33. The minimum Gasteiger partial charge on any atom is -0.283 e. The first-order valence-electron chi connectivity index (χ1n) is 12.5. The Balaban J connectivity index is 1.69. The quantitative estimate of drug-likeness (QED) is 0.299. The Labute approximate surface area is 201 Å². The van der Waals surface area contributed by atoms with Crippen molar-refractivity contribution < 1.29 is 0 Å². The Morgan fingerprint density at radius 1 is 1.00 bits per heavy atom. The van der Waals surface area contributed by atoms with Crippen LogP contribution in [0.5, 0.6) is 0 Å². The van der Waals surface area contributed by atoms with E-state index in [2.05, 4.69) is 62.4 Å². The van der Waals surface area contributed by atoms with Crippen molar-refractivity contribution in [2.75, 3.05) is 5.75 Å². The van der Waals surface area contributed by atoms with Gasteiger partial charge in [0.05, 0.1) is 17.8 Å². The van der Waals surface area contributed by atoms with Gasteiger partial charge in [0.1, 0.15) is 0 Å². The van der Waals surface area contributed by atoms with Crippen molar-refractivity contribution >= 4 is 11.8 Å². The summed E-state index contributed by atoms with van der Waals surface area (Å²) in [4.78, 5) is 19.6. The summed E-state index contributed by atoms with van der Waals surface area (Å²) in [6, 6.07) is 19.0. The predicted octanol–water partition coefficient (Wildman–Crippen LogP) is 6.85. The van der Waals surface area contributed by atoms with Crippen LogP contribution in [-0.2, 0) is 18.4 Å². The highest BCUT2D eigenvalue weighted by Crippen LogP contribution is 2.48. The lowest BCUT2D eigenvalue weighted by Crippen LogP contribution is -2.43. The number of aromatic nitrogens is 2. The molecule has 33 heavy (non-hydrogen) atoms. The van der Waals surface area contributed by atoms with Gasteiger partial charge in [-0.05, 0) is 42.7 Å². The van der Waals surface area contributed by atoms with Gasteiger partial charge in [-0.15, -0.1) is 0 Å². The first-order chi connectivity index (χ1) is 16.1. The Bertz CT molecular complexity index is 1180. The van der Waals surface area contributed by atoms with Crippen molar-refractivity contribution in [2.24, 2.45) is 5.92 Å². The van der Waals surface area contributed by atoms with Crippen LogP contribution in [0.1, 0.15) is 69.1 Å². The molecule has 0 saturated heterocycles. The summed E-state index contributed by atoms with van der Waals surface area (Å²) in [5.74, 6) is 1.61. The maximum absolute atomic E-state index is 14.3. The number of nitrogens with zero attached hydrogens (tertiary/aromatic N) is 2. The van der Waals surface area contributed by atoms with Gasteiger partial charge >= 0.3 is 0 Å². The molecule has 1 spiro atoms. The molecule has 3 nitrogen and oxygen atoms in total. The SMILES string of the molecule is CC(C)CCSc1nc2c(c(=O)n1Cc1ccccc1)C1(CCCCC1)Cc1ccccc1-2. The van der Waals surface area contributed by atoms with Crippen molar-refractivity contribution in [2.45, 2.75) is 75.9 Å². The van der Waals surface area contributed by atoms with Crippen molar-refractivity contribution in [3.63, 3.8) is 0 Å². The first kappa shape index (κ1) is 22.5. The molecule has 0 N–H and O–H groups in total. The van der Waals surface area contributed by atoms with Crippen LogP contribution >= 0.6 is 11.8 Å². The Kier molecular flexibility index (Phi) is 6.47. The Morgan fingerprint density at radius 2 is 1.73 bits per heavy atom. The van der Waals surface area contributed by atoms with Crippen LogP contribution in [-0.4, -0.2) is 15.3 Å². The number of hydrogen-bond acceptors (Lipinski definition) is 3. The van der Waals surface area contributed by atoms with E-state index in [-0.39, 0.29) is 11.0 Å². The summed E-state index contributed by atoms with van der Waals surface area (Å²) in [7, 11) is 0. The summed E-state index contributed by atoms with van der Waals surface area (Å²) in [6.07, 6.45) is 7.94. The summed E-state index contributed by atoms with van der Waals surface area (Å²) in [5.41, 5.74) is 5.75. The van der Waals surface area contributed by atoms with Crippen LogP contribution in [0, 0.1) is 5.92 Å². The van der Waals surface area contributed by atoms with E-state index in [0.717, 1.165) is 53.4 Å². The monoisotopic (exact) mass is 458 g/mol. The molecule has 0 bridgehead atoms. The predicted molar refractivity (Wildman–Crippen MR) is 138 cm³/mol. The zero-order valence-electron chi connectivity index (χ0n) is 19.8. The van der Waals surface area contributed by atoms with Crippen LogP contribution < -0.4 is 5.56 Å². The zero-order valence-corrected chi connectivity index (χ0v) is 20.7. The number of hydrogen-bond donors (Lipinski definition) is 0. The van der Waals surface area contributed by atoms with Gasteiger partial charge in [0.2, 0.25) is 0 Å². The molecule has 5 rings (SSSR count).